The first-order chi connectivity index (χ1) is 11.8. The standard InChI is InChI=1S/C18H21ClF3NO2/c1-23(15-8-4-13(5-9-15)3-2-12-19)17(24)25-16-10-6-14(7-11-16)18(20,21)22/h2-3,6-7,10-11,13,15H,4-5,8-9,12H2,1H3. The molecule has 0 aromatic heterocycles. The lowest BCUT2D eigenvalue weighted by Crippen LogP contribution is -2.40. The molecule has 2 rings (SSSR count). The van der Waals surface area contributed by atoms with E-state index in [9.17, 15) is 18.0 Å². The van der Waals surface area contributed by atoms with Gasteiger partial charge in [-0.15, -0.1) is 11.6 Å². The minimum absolute atomic E-state index is 0.0719. The van der Waals surface area contributed by atoms with Crippen LogP contribution in [0.4, 0.5) is 18.0 Å². The molecule has 1 aliphatic rings. The number of hydrogen-bond donors (Lipinski definition) is 0. The molecular weight excluding hydrogens is 355 g/mol. The second kappa shape index (κ2) is 8.61. The molecule has 0 aliphatic heterocycles. The van der Waals surface area contributed by atoms with Crippen molar-refractivity contribution in [3.05, 3.63) is 42.0 Å². The highest BCUT2D eigenvalue weighted by Gasteiger charge is 2.30. The Kier molecular flexibility index (Phi) is 6.76. The van der Waals surface area contributed by atoms with Crippen molar-refractivity contribution in [1.29, 1.82) is 0 Å². The van der Waals surface area contributed by atoms with Gasteiger partial charge in [0.1, 0.15) is 5.75 Å². The lowest BCUT2D eigenvalue weighted by atomic mass is 9.85. The highest BCUT2D eigenvalue weighted by atomic mass is 35.5. The molecule has 1 fully saturated rings. The van der Waals surface area contributed by atoms with Gasteiger partial charge in [-0.1, -0.05) is 12.2 Å². The summed E-state index contributed by atoms with van der Waals surface area (Å²) in [4.78, 5) is 13.7. The van der Waals surface area contributed by atoms with Gasteiger partial charge in [-0.2, -0.15) is 13.2 Å². The first-order valence-corrected chi connectivity index (χ1v) is 8.69. The molecule has 0 saturated heterocycles. The summed E-state index contributed by atoms with van der Waals surface area (Å²) in [5.41, 5.74) is -0.774. The van der Waals surface area contributed by atoms with Crippen LogP contribution in [0.3, 0.4) is 0 Å². The summed E-state index contributed by atoms with van der Waals surface area (Å²) in [5, 5.41) is 0. The second-order valence-electron chi connectivity index (χ2n) is 6.15. The van der Waals surface area contributed by atoms with Crippen LogP contribution in [0.5, 0.6) is 5.75 Å². The fourth-order valence-electron chi connectivity index (χ4n) is 2.96. The maximum atomic E-state index is 12.5. The molecule has 0 unspecified atom stereocenters. The summed E-state index contributed by atoms with van der Waals surface area (Å²) in [7, 11) is 1.66. The van der Waals surface area contributed by atoms with Crippen LogP contribution in [0.2, 0.25) is 0 Å². The SMILES string of the molecule is CN(C(=O)Oc1ccc(C(F)(F)F)cc1)C1CCC(C=CCCl)CC1. The summed E-state index contributed by atoms with van der Waals surface area (Å²) in [6, 6.07) is 4.18. The van der Waals surface area contributed by atoms with Crippen LogP contribution < -0.4 is 4.74 Å². The van der Waals surface area contributed by atoms with E-state index < -0.39 is 17.8 Å². The molecule has 0 N–H and O–H groups in total. The molecule has 0 spiro atoms. The van der Waals surface area contributed by atoms with Crippen molar-refractivity contribution in [2.24, 2.45) is 5.92 Å². The number of carbonyl (C=O) groups excluding carboxylic acids is 1. The molecule has 1 amide bonds. The number of benzene rings is 1. The molecule has 1 saturated carbocycles. The third-order valence-corrected chi connectivity index (χ3v) is 4.64. The van der Waals surface area contributed by atoms with E-state index in [0.29, 0.717) is 11.8 Å². The molecule has 7 heteroatoms. The predicted octanol–water partition coefficient (Wildman–Crippen LogP) is 5.49. The van der Waals surface area contributed by atoms with E-state index in [1.165, 1.54) is 4.90 Å². The van der Waals surface area contributed by atoms with E-state index in [-0.39, 0.29) is 11.8 Å². The van der Waals surface area contributed by atoms with Gasteiger partial charge in [0.25, 0.3) is 0 Å². The Labute approximate surface area is 150 Å². The van der Waals surface area contributed by atoms with Gasteiger partial charge in [0, 0.05) is 19.0 Å². The molecule has 25 heavy (non-hydrogen) atoms. The molecule has 1 aromatic rings. The lowest BCUT2D eigenvalue weighted by Gasteiger charge is -2.33. The summed E-state index contributed by atoms with van der Waals surface area (Å²) < 4.78 is 42.8. The Hall–Kier alpha value is -1.69. The highest BCUT2D eigenvalue weighted by Crippen LogP contribution is 2.31. The second-order valence-corrected chi connectivity index (χ2v) is 6.46. The normalized spacial score (nSPS) is 21.3. The Morgan fingerprint density at radius 3 is 2.36 bits per heavy atom. The van der Waals surface area contributed by atoms with Gasteiger partial charge >= 0.3 is 12.3 Å². The van der Waals surface area contributed by atoms with Gasteiger partial charge in [-0.05, 0) is 55.9 Å². The third kappa shape index (κ3) is 5.66. The molecule has 0 atom stereocenters. The van der Waals surface area contributed by atoms with E-state index in [1.54, 1.807) is 7.05 Å². The molecule has 0 heterocycles. The van der Waals surface area contributed by atoms with Gasteiger partial charge in [0.15, 0.2) is 0 Å². The smallest absolute Gasteiger partial charge is 0.410 e. The summed E-state index contributed by atoms with van der Waals surface area (Å²) in [6.45, 7) is 0. The number of hydrogen-bond acceptors (Lipinski definition) is 2. The van der Waals surface area contributed by atoms with Crippen molar-refractivity contribution in [1.82, 2.24) is 4.90 Å². The van der Waals surface area contributed by atoms with E-state index in [4.69, 9.17) is 16.3 Å². The first kappa shape index (κ1) is 19.6. The zero-order valence-corrected chi connectivity index (χ0v) is 14.7. The van der Waals surface area contributed by atoms with Gasteiger partial charge in [0.05, 0.1) is 5.56 Å². The van der Waals surface area contributed by atoms with Crippen molar-refractivity contribution in [3.8, 4) is 5.75 Å². The number of ether oxygens (including phenoxy) is 1. The number of allylic oxidation sites excluding steroid dienone is 2. The van der Waals surface area contributed by atoms with Crippen LogP contribution >= 0.6 is 11.6 Å². The average Bonchev–Trinajstić information content (AvgIpc) is 2.59. The topological polar surface area (TPSA) is 29.5 Å². The number of rotatable bonds is 4. The quantitative estimate of drug-likeness (QED) is 0.514. The minimum Gasteiger partial charge on any atom is -0.410 e. The van der Waals surface area contributed by atoms with Crippen molar-refractivity contribution in [2.45, 2.75) is 37.9 Å². The summed E-state index contributed by atoms with van der Waals surface area (Å²) in [6.07, 6.45) is 2.74. The van der Waals surface area contributed by atoms with Crippen LogP contribution in [-0.4, -0.2) is 30.0 Å². The van der Waals surface area contributed by atoms with Crippen molar-refractivity contribution >= 4 is 17.7 Å². The Bertz CT molecular complexity index is 593. The zero-order chi connectivity index (χ0) is 18.4. The number of carbonyl (C=O) groups is 1. The van der Waals surface area contributed by atoms with Crippen LogP contribution in [-0.2, 0) is 6.18 Å². The lowest BCUT2D eigenvalue weighted by molar-refractivity contribution is -0.137. The minimum atomic E-state index is -4.41. The average molecular weight is 376 g/mol. The zero-order valence-electron chi connectivity index (χ0n) is 13.9. The van der Waals surface area contributed by atoms with Crippen molar-refractivity contribution in [2.75, 3.05) is 12.9 Å². The molecule has 1 aliphatic carbocycles. The van der Waals surface area contributed by atoms with Gasteiger partial charge in [0.2, 0.25) is 0 Å². The van der Waals surface area contributed by atoms with E-state index in [2.05, 4.69) is 6.08 Å². The summed E-state index contributed by atoms with van der Waals surface area (Å²) >= 11 is 5.63. The number of halogens is 4. The van der Waals surface area contributed by atoms with E-state index in [1.807, 2.05) is 6.08 Å². The van der Waals surface area contributed by atoms with E-state index in [0.717, 1.165) is 49.9 Å². The van der Waals surface area contributed by atoms with E-state index >= 15 is 0 Å². The Morgan fingerprint density at radius 1 is 1.24 bits per heavy atom. The Balaban J connectivity index is 1.87. The molecule has 3 nitrogen and oxygen atoms in total. The van der Waals surface area contributed by atoms with Gasteiger partial charge in [-0.3, -0.25) is 0 Å². The molecule has 1 aromatic carbocycles. The number of alkyl halides is 4. The number of nitrogens with zero attached hydrogens (tertiary/aromatic N) is 1. The molecular formula is C18H21ClF3NO2. The van der Waals surface area contributed by atoms with Gasteiger partial charge in [-0.25, -0.2) is 4.79 Å². The Morgan fingerprint density at radius 2 is 1.84 bits per heavy atom. The monoisotopic (exact) mass is 375 g/mol. The fraction of sp³-hybridized carbons (Fsp3) is 0.500. The maximum Gasteiger partial charge on any atom is 0.416 e. The molecule has 0 radical (unpaired) electrons. The van der Waals surface area contributed by atoms with Crippen LogP contribution in [0, 0.1) is 5.92 Å². The molecule has 138 valence electrons. The predicted molar refractivity (Wildman–Crippen MR) is 90.8 cm³/mol. The summed E-state index contributed by atoms with van der Waals surface area (Å²) in [5.74, 6) is 1.08. The number of amides is 1. The van der Waals surface area contributed by atoms with Crippen LogP contribution in [0.1, 0.15) is 31.2 Å². The largest absolute Gasteiger partial charge is 0.416 e. The van der Waals surface area contributed by atoms with Crippen LogP contribution in [0.15, 0.2) is 36.4 Å². The van der Waals surface area contributed by atoms with Crippen molar-refractivity contribution < 1.29 is 22.7 Å². The maximum absolute atomic E-state index is 12.5. The van der Waals surface area contributed by atoms with Gasteiger partial charge < -0.3 is 9.64 Å². The highest BCUT2D eigenvalue weighted by molar-refractivity contribution is 6.18. The fourth-order valence-corrected chi connectivity index (χ4v) is 3.06. The first-order valence-electron chi connectivity index (χ1n) is 8.15. The molecule has 0 bridgehead atoms. The van der Waals surface area contributed by atoms with Crippen LogP contribution in [0.25, 0.3) is 0 Å². The van der Waals surface area contributed by atoms with Crippen molar-refractivity contribution in [3.63, 3.8) is 0 Å². The third-order valence-electron chi connectivity index (χ3n) is 4.46.